The van der Waals surface area contributed by atoms with Gasteiger partial charge in [0.1, 0.15) is 0 Å². The molecule has 2 N–H and O–H groups in total. The summed E-state index contributed by atoms with van der Waals surface area (Å²) in [6, 6.07) is 0.611. The number of nitrogens with one attached hydrogen (secondary N) is 1. The molecule has 0 radical (unpaired) electrons. The van der Waals surface area contributed by atoms with Crippen molar-refractivity contribution in [2.75, 3.05) is 6.54 Å². The molecule has 1 saturated carbocycles. The van der Waals surface area contributed by atoms with Gasteiger partial charge in [-0.2, -0.15) is 0 Å². The summed E-state index contributed by atoms with van der Waals surface area (Å²) in [5, 5.41) is 11.5. The van der Waals surface area contributed by atoms with Crippen LogP contribution in [-0.2, 0) is 4.79 Å². The largest absolute Gasteiger partial charge is 0.481 e. The van der Waals surface area contributed by atoms with Gasteiger partial charge in [-0.25, -0.2) is 0 Å². The predicted octanol–water partition coefficient (Wildman–Crippen LogP) is 0.849. The van der Waals surface area contributed by atoms with Gasteiger partial charge in [0.15, 0.2) is 0 Å². The normalized spacial score (nSPS) is 28.5. The Hall–Kier alpha value is -0.570. The van der Waals surface area contributed by atoms with Crippen LogP contribution in [-0.4, -0.2) is 23.7 Å². The topological polar surface area (TPSA) is 49.3 Å². The lowest BCUT2D eigenvalue weighted by molar-refractivity contribution is -0.136. The molecule has 11 heavy (non-hydrogen) atoms. The van der Waals surface area contributed by atoms with E-state index in [-0.39, 0.29) is 6.42 Å². The lowest BCUT2D eigenvalue weighted by Crippen LogP contribution is -2.21. The molecule has 1 rings (SSSR count). The summed E-state index contributed by atoms with van der Waals surface area (Å²) in [7, 11) is 0. The zero-order valence-corrected chi connectivity index (χ0v) is 6.84. The van der Waals surface area contributed by atoms with Gasteiger partial charge in [-0.3, -0.25) is 4.79 Å². The van der Waals surface area contributed by atoms with Crippen molar-refractivity contribution in [3.8, 4) is 0 Å². The van der Waals surface area contributed by atoms with Gasteiger partial charge in [0.05, 0.1) is 6.42 Å². The molecule has 2 atom stereocenters. The first-order chi connectivity index (χ1) is 5.24. The SMILES string of the molecule is CCC1CC1NCCC(=O)O. The molecule has 2 unspecified atom stereocenters. The van der Waals surface area contributed by atoms with Crippen LogP contribution in [0.25, 0.3) is 0 Å². The van der Waals surface area contributed by atoms with E-state index in [1.54, 1.807) is 0 Å². The molecule has 3 nitrogen and oxygen atoms in total. The summed E-state index contributed by atoms with van der Waals surface area (Å²) in [4.78, 5) is 10.1. The summed E-state index contributed by atoms with van der Waals surface area (Å²) >= 11 is 0. The van der Waals surface area contributed by atoms with Gasteiger partial charge in [0.25, 0.3) is 0 Å². The Labute approximate surface area is 66.8 Å². The number of carbonyl (C=O) groups is 1. The molecule has 0 aliphatic heterocycles. The monoisotopic (exact) mass is 157 g/mol. The summed E-state index contributed by atoms with van der Waals surface area (Å²) in [6.07, 6.45) is 2.69. The maximum absolute atomic E-state index is 10.1. The van der Waals surface area contributed by atoms with E-state index in [4.69, 9.17) is 5.11 Å². The smallest absolute Gasteiger partial charge is 0.304 e. The Kier molecular flexibility index (Phi) is 2.88. The summed E-state index contributed by atoms with van der Waals surface area (Å²) in [5.41, 5.74) is 0. The number of hydrogen-bond acceptors (Lipinski definition) is 2. The molecule has 0 aromatic rings. The molecular weight excluding hydrogens is 142 g/mol. The molecule has 0 aromatic heterocycles. The van der Waals surface area contributed by atoms with Crippen molar-refractivity contribution < 1.29 is 9.90 Å². The van der Waals surface area contributed by atoms with E-state index >= 15 is 0 Å². The first-order valence-electron chi connectivity index (χ1n) is 4.19. The van der Waals surface area contributed by atoms with Crippen molar-refractivity contribution >= 4 is 5.97 Å². The van der Waals surface area contributed by atoms with Crippen molar-refractivity contribution in [2.24, 2.45) is 5.92 Å². The molecule has 0 heterocycles. The summed E-state index contributed by atoms with van der Waals surface area (Å²) in [5.74, 6) is 0.0926. The molecule has 0 bridgehead atoms. The second-order valence-corrected chi connectivity index (χ2v) is 3.11. The second-order valence-electron chi connectivity index (χ2n) is 3.11. The second kappa shape index (κ2) is 3.72. The Balaban J connectivity index is 1.93. The molecular formula is C8H15NO2. The Morgan fingerprint density at radius 3 is 2.91 bits per heavy atom. The van der Waals surface area contributed by atoms with Crippen molar-refractivity contribution in [3.63, 3.8) is 0 Å². The molecule has 0 saturated heterocycles. The Morgan fingerprint density at radius 2 is 2.45 bits per heavy atom. The lowest BCUT2D eigenvalue weighted by atomic mass is 10.3. The first-order valence-corrected chi connectivity index (χ1v) is 4.19. The van der Waals surface area contributed by atoms with Crippen LogP contribution < -0.4 is 5.32 Å². The zero-order chi connectivity index (χ0) is 8.27. The average Bonchev–Trinajstić information content (AvgIpc) is 2.66. The predicted molar refractivity (Wildman–Crippen MR) is 42.4 cm³/mol. The third-order valence-corrected chi connectivity index (χ3v) is 2.19. The van der Waals surface area contributed by atoms with E-state index in [1.807, 2.05) is 0 Å². The third kappa shape index (κ3) is 2.89. The molecule has 3 heteroatoms. The highest BCUT2D eigenvalue weighted by molar-refractivity contribution is 5.66. The van der Waals surface area contributed by atoms with Gasteiger partial charge in [-0.1, -0.05) is 13.3 Å². The quantitative estimate of drug-likeness (QED) is 0.622. The number of hydrogen-bond donors (Lipinski definition) is 2. The van der Waals surface area contributed by atoms with Crippen LogP contribution in [0.3, 0.4) is 0 Å². The third-order valence-electron chi connectivity index (χ3n) is 2.19. The van der Waals surface area contributed by atoms with E-state index in [9.17, 15) is 4.79 Å². The van der Waals surface area contributed by atoms with Crippen LogP contribution in [0.1, 0.15) is 26.2 Å². The van der Waals surface area contributed by atoms with Crippen LogP contribution in [0.2, 0.25) is 0 Å². The van der Waals surface area contributed by atoms with Gasteiger partial charge >= 0.3 is 5.97 Å². The maximum atomic E-state index is 10.1. The van der Waals surface area contributed by atoms with Crippen molar-refractivity contribution in [1.29, 1.82) is 0 Å². The van der Waals surface area contributed by atoms with Crippen LogP contribution in [0.5, 0.6) is 0 Å². The van der Waals surface area contributed by atoms with Crippen molar-refractivity contribution in [2.45, 2.75) is 32.2 Å². The number of carboxylic acids is 1. The number of rotatable bonds is 5. The van der Waals surface area contributed by atoms with Gasteiger partial charge < -0.3 is 10.4 Å². The highest BCUT2D eigenvalue weighted by Crippen LogP contribution is 2.32. The first kappa shape index (κ1) is 8.53. The van der Waals surface area contributed by atoms with E-state index in [0.29, 0.717) is 12.6 Å². The Bertz CT molecular complexity index is 147. The molecule has 0 amide bonds. The number of carboxylic acid groups (broad SMARTS) is 1. The van der Waals surface area contributed by atoms with E-state index in [0.717, 1.165) is 5.92 Å². The van der Waals surface area contributed by atoms with Gasteiger partial charge in [-0.05, 0) is 12.3 Å². The molecule has 1 fully saturated rings. The highest BCUT2D eigenvalue weighted by Gasteiger charge is 2.34. The van der Waals surface area contributed by atoms with Gasteiger partial charge in [0, 0.05) is 12.6 Å². The molecule has 0 spiro atoms. The van der Waals surface area contributed by atoms with Gasteiger partial charge in [-0.15, -0.1) is 0 Å². The van der Waals surface area contributed by atoms with Crippen LogP contribution in [0, 0.1) is 5.92 Å². The molecule has 1 aliphatic carbocycles. The zero-order valence-electron chi connectivity index (χ0n) is 6.84. The van der Waals surface area contributed by atoms with E-state index in [2.05, 4.69) is 12.2 Å². The minimum absolute atomic E-state index is 0.243. The van der Waals surface area contributed by atoms with Crippen LogP contribution in [0.4, 0.5) is 0 Å². The fraction of sp³-hybridized carbons (Fsp3) is 0.875. The maximum Gasteiger partial charge on any atom is 0.304 e. The van der Waals surface area contributed by atoms with Crippen LogP contribution in [0.15, 0.2) is 0 Å². The van der Waals surface area contributed by atoms with Gasteiger partial charge in [0.2, 0.25) is 0 Å². The molecule has 64 valence electrons. The fourth-order valence-corrected chi connectivity index (χ4v) is 1.31. The fourth-order valence-electron chi connectivity index (χ4n) is 1.31. The van der Waals surface area contributed by atoms with Crippen molar-refractivity contribution in [1.82, 2.24) is 5.32 Å². The lowest BCUT2D eigenvalue weighted by Gasteiger charge is -1.99. The number of aliphatic carboxylic acids is 1. The molecule has 1 aliphatic rings. The minimum Gasteiger partial charge on any atom is -0.481 e. The van der Waals surface area contributed by atoms with E-state index in [1.165, 1.54) is 12.8 Å². The van der Waals surface area contributed by atoms with Crippen LogP contribution >= 0.6 is 0 Å². The minimum atomic E-state index is -0.716. The summed E-state index contributed by atoms with van der Waals surface area (Å²) < 4.78 is 0. The molecule has 0 aromatic carbocycles. The van der Waals surface area contributed by atoms with E-state index < -0.39 is 5.97 Å². The average molecular weight is 157 g/mol. The standard InChI is InChI=1S/C8H15NO2/c1-2-6-5-7(6)9-4-3-8(10)11/h6-7,9H,2-5H2,1H3,(H,10,11). The summed E-state index contributed by atoms with van der Waals surface area (Å²) in [6.45, 7) is 2.79. The Morgan fingerprint density at radius 1 is 1.73 bits per heavy atom. The highest BCUT2D eigenvalue weighted by atomic mass is 16.4. The van der Waals surface area contributed by atoms with Crippen molar-refractivity contribution in [3.05, 3.63) is 0 Å².